The van der Waals surface area contributed by atoms with Gasteiger partial charge >= 0.3 is 0 Å². The number of nitrogens with zero attached hydrogens (tertiary/aromatic N) is 2. The van der Waals surface area contributed by atoms with Gasteiger partial charge in [0.2, 0.25) is 11.8 Å². The number of sulfonamides is 1. The molecule has 0 bridgehead atoms. The molecule has 0 spiro atoms. The van der Waals surface area contributed by atoms with Crippen LogP contribution in [0, 0.1) is 13.8 Å². The van der Waals surface area contributed by atoms with Gasteiger partial charge in [0.05, 0.1) is 17.7 Å². The second kappa shape index (κ2) is 14.2. The zero-order valence-electron chi connectivity index (χ0n) is 24.8. The lowest BCUT2D eigenvalue weighted by atomic mass is 10.1. The minimum Gasteiger partial charge on any atom is -0.497 e. The first kappa shape index (κ1) is 31.7. The second-order valence-electron chi connectivity index (χ2n) is 10.2. The summed E-state index contributed by atoms with van der Waals surface area (Å²) in [6.07, 6.45) is 1.09. The number of nitrogens with one attached hydrogen (secondary N) is 1. The molecular formula is C32H41N3O5S. The predicted molar refractivity (Wildman–Crippen MR) is 162 cm³/mol. The molecule has 3 rings (SSSR count). The third kappa shape index (κ3) is 7.88. The van der Waals surface area contributed by atoms with Crippen molar-refractivity contribution < 1.29 is 22.7 Å². The van der Waals surface area contributed by atoms with E-state index in [4.69, 9.17) is 4.74 Å². The highest BCUT2D eigenvalue weighted by molar-refractivity contribution is 7.92. The van der Waals surface area contributed by atoms with Gasteiger partial charge < -0.3 is 15.0 Å². The van der Waals surface area contributed by atoms with Crippen LogP contribution in [0.15, 0.2) is 77.7 Å². The molecule has 0 aromatic heterocycles. The number of ether oxygens (including phenoxy) is 1. The molecule has 0 aliphatic heterocycles. The maximum absolute atomic E-state index is 14.2. The van der Waals surface area contributed by atoms with E-state index in [0.29, 0.717) is 17.9 Å². The third-order valence-corrected chi connectivity index (χ3v) is 9.05. The summed E-state index contributed by atoms with van der Waals surface area (Å²) in [6, 6.07) is 19.8. The van der Waals surface area contributed by atoms with E-state index in [0.717, 1.165) is 27.4 Å². The molecule has 8 nitrogen and oxygen atoms in total. The lowest BCUT2D eigenvalue weighted by Crippen LogP contribution is -2.53. The Bertz CT molecular complexity index is 1440. The minimum absolute atomic E-state index is 0.0733. The predicted octanol–water partition coefficient (Wildman–Crippen LogP) is 5.23. The van der Waals surface area contributed by atoms with E-state index in [1.165, 1.54) is 17.0 Å². The summed E-state index contributed by atoms with van der Waals surface area (Å²) in [5.41, 5.74) is 3.04. The van der Waals surface area contributed by atoms with Gasteiger partial charge in [-0.2, -0.15) is 0 Å². The summed E-state index contributed by atoms with van der Waals surface area (Å²) < 4.78 is 34.4. The molecule has 3 aromatic carbocycles. The van der Waals surface area contributed by atoms with Gasteiger partial charge in [-0.1, -0.05) is 50.2 Å². The Hall–Kier alpha value is -3.85. The Morgan fingerprint density at radius 1 is 0.902 bits per heavy atom. The Labute approximate surface area is 244 Å². The largest absolute Gasteiger partial charge is 0.497 e. The van der Waals surface area contributed by atoms with Crippen LogP contribution in [0.25, 0.3) is 0 Å². The molecule has 0 aliphatic carbocycles. The molecule has 0 radical (unpaired) electrons. The smallest absolute Gasteiger partial charge is 0.264 e. The monoisotopic (exact) mass is 579 g/mol. The van der Waals surface area contributed by atoms with Crippen molar-refractivity contribution in [1.82, 2.24) is 10.2 Å². The maximum Gasteiger partial charge on any atom is 0.264 e. The summed E-state index contributed by atoms with van der Waals surface area (Å²) in [6.45, 7) is 9.20. The molecule has 2 amide bonds. The van der Waals surface area contributed by atoms with Gasteiger partial charge in [-0.3, -0.25) is 13.9 Å². The molecule has 0 unspecified atom stereocenters. The van der Waals surface area contributed by atoms with Crippen molar-refractivity contribution in [3.63, 3.8) is 0 Å². The fourth-order valence-corrected chi connectivity index (χ4v) is 5.88. The van der Waals surface area contributed by atoms with Crippen LogP contribution in [0.2, 0.25) is 0 Å². The van der Waals surface area contributed by atoms with Gasteiger partial charge in [0.25, 0.3) is 10.0 Å². The van der Waals surface area contributed by atoms with Gasteiger partial charge in [-0.05, 0) is 86.7 Å². The van der Waals surface area contributed by atoms with Crippen LogP contribution in [0.3, 0.4) is 0 Å². The molecule has 1 N–H and O–H groups in total. The lowest BCUT2D eigenvalue weighted by molar-refractivity contribution is -0.140. The number of carbonyl (C=O) groups excluding carboxylic acids is 2. The van der Waals surface area contributed by atoms with Crippen LogP contribution in [-0.2, 0) is 26.2 Å². The first-order valence-electron chi connectivity index (χ1n) is 13.9. The van der Waals surface area contributed by atoms with E-state index in [9.17, 15) is 18.0 Å². The van der Waals surface area contributed by atoms with Crippen molar-refractivity contribution in [1.29, 1.82) is 0 Å². The van der Waals surface area contributed by atoms with Crippen molar-refractivity contribution in [2.75, 3.05) is 18.0 Å². The van der Waals surface area contributed by atoms with E-state index in [1.807, 2.05) is 52.8 Å². The maximum atomic E-state index is 14.2. The minimum atomic E-state index is -4.11. The summed E-state index contributed by atoms with van der Waals surface area (Å²) in [7, 11) is -2.54. The number of rotatable bonds is 13. The van der Waals surface area contributed by atoms with Crippen molar-refractivity contribution in [2.45, 2.75) is 71.0 Å². The number of benzene rings is 3. The summed E-state index contributed by atoms with van der Waals surface area (Å²) in [5.74, 6) is -0.145. The number of anilines is 1. The first-order chi connectivity index (χ1) is 19.5. The van der Waals surface area contributed by atoms with Crippen molar-refractivity contribution in [2.24, 2.45) is 0 Å². The molecule has 0 saturated heterocycles. The number of hydrogen-bond donors (Lipinski definition) is 1. The Kier molecular flexibility index (Phi) is 10.9. The van der Waals surface area contributed by atoms with Gasteiger partial charge in [-0.15, -0.1) is 0 Å². The molecule has 220 valence electrons. The van der Waals surface area contributed by atoms with Crippen LogP contribution in [0.4, 0.5) is 5.69 Å². The van der Waals surface area contributed by atoms with Crippen LogP contribution < -0.4 is 14.4 Å². The Morgan fingerprint density at radius 3 is 2.22 bits per heavy atom. The Morgan fingerprint density at radius 2 is 1.61 bits per heavy atom. The number of aryl methyl sites for hydroxylation is 2. The van der Waals surface area contributed by atoms with Gasteiger partial charge in [0, 0.05) is 12.6 Å². The van der Waals surface area contributed by atoms with E-state index < -0.39 is 28.5 Å². The number of methoxy groups -OCH3 is 1. The van der Waals surface area contributed by atoms with Crippen LogP contribution in [0.1, 0.15) is 50.3 Å². The standard InChI is InChI=1S/C32H41N3O5S/c1-7-25(5)33-32(37)30(8-2)34(21-26-13-12-14-28(20-26)40-6)31(36)22-35(27-18-17-23(3)24(4)19-27)41(38,39)29-15-10-9-11-16-29/h9-20,25,30H,7-8,21-22H2,1-6H3,(H,33,37)/t25-,30-/m1/s1. The topological polar surface area (TPSA) is 96.0 Å². The highest BCUT2D eigenvalue weighted by Gasteiger charge is 2.34. The molecule has 0 saturated carbocycles. The Balaban J connectivity index is 2.08. The second-order valence-corrected chi connectivity index (χ2v) is 12.1. The molecule has 0 fully saturated rings. The summed E-state index contributed by atoms with van der Waals surface area (Å²) in [5, 5.41) is 2.99. The molecule has 0 heterocycles. The van der Waals surface area contributed by atoms with Crippen molar-refractivity contribution >= 4 is 27.5 Å². The average Bonchev–Trinajstić information content (AvgIpc) is 2.97. The highest BCUT2D eigenvalue weighted by atomic mass is 32.2. The molecule has 3 aromatic rings. The molecule has 41 heavy (non-hydrogen) atoms. The van der Waals surface area contributed by atoms with E-state index in [1.54, 1.807) is 49.6 Å². The third-order valence-electron chi connectivity index (χ3n) is 7.26. The fraction of sp³-hybridized carbons (Fsp3) is 0.375. The van der Waals surface area contributed by atoms with Gasteiger partial charge in [0.1, 0.15) is 18.3 Å². The quantitative estimate of drug-likeness (QED) is 0.299. The summed E-state index contributed by atoms with van der Waals surface area (Å²) >= 11 is 0. The van der Waals surface area contributed by atoms with Crippen molar-refractivity contribution in [3.8, 4) is 5.75 Å². The number of amides is 2. The molecule has 2 atom stereocenters. The van der Waals surface area contributed by atoms with Crippen LogP contribution in [0.5, 0.6) is 5.75 Å². The highest BCUT2D eigenvalue weighted by Crippen LogP contribution is 2.27. The summed E-state index contributed by atoms with van der Waals surface area (Å²) in [4.78, 5) is 29.1. The molecule has 0 aliphatic rings. The van der Waals surface area contributed by atoms with E-state index in [-0.39, 0.29) is 23.4 Å². The number of carbonyl (C=O) groups is 2. The van der Waals surface area contributed by atoms with Crippen molar-refractivity contribution in [3.05, 3.63) is 89.5 Å². The van der Waals surface area contributed by atoms with Crippen LogP contribution in [-0.4, -0.2) is 50.9 Å². The zero-order chi connectivity index (χ0) is 30.2. The molecular weight excluding hydrogens is 538 g/mol. The van der Waals surface area contributed by atoms with Gasteiger partial charge in [-0.25, -0.2) is 8.42 Å². The van der Waals surface area contributed by atoms with E-state index >= 15 is 0 Å². The SMILES string of the molecule is CC[C@@H](C)NC(=O)[C@@H](CC)N(Cc1cccc(OC)c1)C(=O)CN(c1ccc(C)c(C)c1)S(=O)(=O)c1ccccc1. The fourth-order valence-electron chi connectivity index (χ4n) is 4.46. The normalized spacial score (nSPS) is 12.7. The lowest BCUT2D eigenvalue weighted by Gasteiger charge is -2.34. The number of hydrogen-bond acceptors (Lipinski definition) is 5. The van der Waals surface area contributed by atoms with E-state index in [2.05, 4.69) is 5.32 Å². The first-order valence-corrected chi connectivity index (χ1v) is 15.3. The average molecular weight is 580 g/mol. The van der Waals surface area contributed by atoms with Crippen LogP contribution >= 0.6 is 0 Å². The van der Waals surface area contributed by atoms with Gasteiger partial charge in [0.15, 0.2) is 0 Å². The zero-order valence-corrected chi connectivity index (χ0v) is 25.6. The molecule has 9 heteroatoms.